The number of rotatable bonds is 5. The molecule has 4 nitrogen and oxygen atoms in total. The van der Waals surface area contributed by atoms with Crippen molar-refractivity contribution in [1.29, 1.82) is 0 Å². The predicted molar refractivity (Wildman–Crippen MR) is 82.3 cm³/mol. The molecular weight excluding hydrogens is 264 g/mol. The maximum atomic E-state index is 12.5. The third-order valence-electron chi connectivity index (χ3n) is 4.62. The minimum atomic E-state index is -0.559. The van der Waals surface area contributed by atoms with Crippen LogP contribution >= 0.6 is 0 Å². The van der Waals surface area contributed by atoms with E-state index >= 15 is 0 Å². The highest BCUT2D eigenvalue weighted by molar-refractivity contribution is 6.05. The number of nitrogens with two attached hydrogens (primary N) is 1. The number of carbonyl (C=O) groups is 2. The largest absolute Gasteiger partial charge is 0.330 e. The van der Waals surface area contributed by atoms with Gasteiger partial charge >= 0.3 is 0 Å². The molecule has 114 valence electrons. The van der Waals surface area contributed by atoms with Crippen LogP contribution in [0, 0.1) is 11.3 Å². The molecular formula is C17H24N2O2. The molecule has 2 N–H and O–H groups in total. The van der Waals surface area contributed by atoms with Crippen molar-refractivity contribution in [3.63, 3.8) is 0 Å². The number of hydrogen-bond donors (Lipinski definition) is 1. The smallest absolute Gasteiger partial charge is 0.236 e. The van der Waals surface area contributed by atoms with Crippen LogP contribution in [0.15, 0.2) is 24.3 Å². The van der Waals surface area contributed by atoms with Gasteiger partial charge in [0.15, 0.2) is 0 Å². The summed E-state index contributed by atoms with van der Waals surface area (Å²) in [5.41, 5.74) is 7.12. The lowest BCUT2D eigenvalue weighted by molar-refractivity contribution is -0.142. The van der Waals surface area contributed by atoms with Gasteiger partial charge in [-0.15, -0.1) is 0 Å². The maximum absolute atomic E-state index is 12.5. The van der Waals surface area contributed by atoms with Gasteiger partial charge < -0.3 is 5.73 Å². The van der Waals surface area contributed by atoms with E-state index in [1.165, 1.54) is 10.5 Å². The molecule has 4 heteroatoms. The molecule has 0 bridgehead atoms. The van der Waals surface area contributed by atoms with E-state index in [4.69, 9.17) is 5.73 Å². The normalized spacial score (nSPS) is 22.4. The first-order chi connectivity index (χ1) is 9.88. The average Bonchev–Trinajstić information content (AvgIpc) is 2.66. The van der Waals surface area contributed by atoms with Crippen molar-refractivity contribution in [2.24, 2.45) is 17.1 Å². The van der Waals surface area contributed by atoms with Crippen LogP contribution in [0.1, 0.15) is 38.3 Å². The third kappa shape index (κ3) is 3.00. The predicted octanol–water partition coefficient (Wildman–Crippen LogP) is 2.11. The summed E-state index contributed by atoms with van der Waals surface area (Å²) in [5.74, 6) is 0.0432. The highest BCUT2D eigenvalue weighted by Crippen LogP contribution is 2.39. The standard InChI is InChI=1S/C17H24N2O2/c1-12(2)17(3)10-15(20)19(16(17)21)11-14-6-4-13(5-7-14)8-9-18/h4-7,12H,8-11,18H2,1-3H3. The number of nitrogens with zero attached hydrogens (tertiary/aromatic N) is 1. The molecule has 1 atom stereocenters. The third-order valence-corrected chi connectivity index (χ3v) is 4.62. The van der Waals surface area contributed by atoms with Gasteiger partial charge in [0.05, 0.1) is 12.0 Å². The Morgan fingerprint density at radius 3 is 2.24 bits per heavy atom. The van der Waals surface area contributed by atoms with E-state index in [1.807, 2.05) is 45.0 Å². The monoisotopic (exact) mass is 288 g/mol. The molecule has 1 heterocycles. The van der Waals surface area contributed by atoms with Crippen molar-refractivity contribution in [2.45, 2.75) is 40.2 Å². The Kier molecular flexibility index (Phi) is 4.47. The fourth-order valence-corrected chi connectivity index (χ4v) is 2.68. The lowest BCUT2D eigenvalue weighted by atomic mass is 9.78. The Morgan fingerprint density at radius 1 is 1.19 bits per heavy atom. The lowest BCUT2D eigenvalue weighted by Crippen LogP contribution is -2.36. The molecule has 1 aliphatic rings. The van der Waals surface area contributed by atoms with Crippen molar-refractivity contribution >= 4 is 11.8 Å². The minimum absolute atomic E-state index is 0.0477. The summed E-state index contributed by atoms with van der Waals surface area (Å²) >= 11 is 0. The molecule has 0 saturated carbocycles. The zero-order chi connectivity index (χ0) is 15.6. The SMILES string of the molecule is CC(C)C1(C)CC(=O)N(Cc2ccc(CCN)cc2)C1=O. The number of imide groups is 1. The van der Waals surface area contributed by atoms with Crippen molar-refractivity contribution < 1.29 is 9.59 Å². The van der Waals surface area contributed by atoms with Gasteiger partial charge in [-0.3, -0.25) is 14.5 Å². The fourth-order valence-electron chi connectivity index (χ4n) is 2.68. The molecule has 1 fully saturated rings. The van der Waals surface area contributed by atoms with Gasteiger partial charge in [-0.05, 0) is 36.9 Å². The summed E-state index contributed by atoms with van der Waals surface area (Å²) < 4.78 is 0. The summed E-state index contributed by atoms with van der Waals surface area (Å²) in [6.45, 7) is 6.87. The summed E-state index contributed by atoms with van der Waals surface area (Å²) in [4.78, 5) is 26.1. The Hall–Kier alpha value is -1.68. The van der Waals surface area contributed by atoms with E-state index in [0.29, 0.717) is 19.5 Å². The number of carbonyl (C=O) groups excluding carboxylic acids is 2. The lowest BCUT2D eigenvalue weighted by Gasteiger charge is -2.26. The Bertz CT molecular complexity index is 536. The summed E-state index contributed by atoms with van der Waals surface area (Å²) in [7, 11) is 0. The van der Waals surface area contributed by atoms with Gasteiger partial charge in [0.25, 0.3) is 0 Å². The second-order valence-corrected chi connectivity index (χ2v) is 6.39. The van der Waals surface area contributed by atoms with E-state index in [1.54, 1.807) is 0 Å². The quantitative estimate of drug-likeness (QED) is 0.844. The number of benzene rings is 1. The molecule has 1 aliphatic heterocycles. The highest BCUT2D eigenvalue weighted by atomic mass is 16.2. The van der Waals surface area contributed by atoms with Crippen LogP contribution in [0.3, 0.4) is 0 Å². The van der Waals surface area contributed by atoms with Gasteiger partial charge in [0.1, 0.15) is 0 Å². The fraction of sp³-hybridized carbons (Fsp3) is 0.529. The second-order valence-electron chi connectivity index (χ2n) is 6.39. The average molecular weight is 288 g/mol. The van der Waals surface area contributed by atoms with Crippen molar-refractivity contribution in [3.8, 4) is 0 Å². The zero-order valence-corrected chi connectivity index (χ0v) is 13.1. The molecule has 2 amide bonds. The van der Waals surface area contributed by atoms with E-state index in [0.717, 1.165) is 12.0 Å². The first kappa shape index (κ1) is 15.7. The number of amides is 2. The minimum Gasteiger partial charge on any atom is -0.330 e. The van der Waals surface area contributed by atoms with E-state index in [-0.39, 0.29) is 17.7 Å². The summed E-state index contributed by atoms with van der Waals surface area (Å²) in [5, 5.41) is 0. The zero-order valence-electron chi connectivity index (χ0n) is 13.1. The molecule has 1 saturated heterocycles. The second kappa shape index (κ2) is 5.98. The van der Waals surface area contributed by atoms with Gasteiger partial charge in [0, 0.05) is 6.42 Å². The summed E-state index contributed by atoms with van der Waals surface area (Å²) in [6.07, 6.45) is 1.15. The van der Waals surface area contributed by atoms with Crippen LogP contribution in [-0.2, 0) is 22.6 Å². The highest BCUT2D eigenvalue weighted by Gasteiger charge is 2.49. The molecule has 1 aromatic carbocycles. The Morgan fingerprint density at radius 2 is 1.76 bits per heavy atom. The van der Waals surface area contributed by atoms with Crippen molar-refractivity contribution in [1.82, 2.24) is 4.90 Å². The Labute approximate surface area is 126 Å². The molecule has 2 rings (SSSR count). The first-order valence-corrected chi connectivity index (χ1v) is 7.51. The van der Waals surface area contributed by atoms with Crippen LogP contribution in [0.5, 0.6) is 0 Å². The molecule has 0 aliphatic carbocycles. The van der Waals surface area contributed by atoms with E-state index in [2.05, 4.69) is 0 Å². The van der Waals surface area contributed by atoms with Crippen LogP contribution in [0.4, 0.5) is 0 Å². The molecule has 0 aromatic heterocycles. The molecule has 1 aromatic rings. The van der Waals surface area contributed by atoms with Crippen LogP contribution < -0.4 is 5.73 Å². The Balaban J connectivity index is 2.12. The summed E-state index contributed by atoms with van der Waals surface area (Å²) in [6, 6.07) is 7.96. The van der Waals surface area contributed by atoms with Crippen LogP contribution in [0.2, 0.25) is 0 Å². The topological polar surface area (TPSA) is 63.4 Å². The van der Waals surface area contributed by atoms with Gasteiger partial charge in [-0.2, -0.15) is 0 Å². The maximum Gasteiger partial charge on any atom is 0.236 e. The van der Waals surface area contributed by atoms with Gasteiger partial charge in [-0.25, -0.2) is 0 Å². The van der Waals surface area contributed by atoms with E-state index < -0.39 is 5.41 Å². The van der Waals surface area contributed by atoms with Crippen molar-refractivity contribution in [2.75, 3.05) is 6.54 Å². The molecule has 0 radical (unpaired) electrons. The van der Waals surface area contributed by atoms with Gasteiger partial charge in [0.2, 0.25) is 11.8 Å². The number of hydrogen-bond acceptors (Lipinski definition) is 3. The van der Waals surface area contributed by atoms with Crippen molar-refractivity contribution in [3.05, 3.63) is 35.4 Å². The molecule has 21 heavy (non-hydrogen) atoms. The first-order valence-electron chi connectivity index (χ1n) is 7.51. The van der Waals surface area contributed by atoms with E-state index in [9.17, 15) is 9.59 Å². The molecule has 0 spiro atoms. The van der Waals surface area contributed by atoms with Crippen LogP contribution in [0.25, 0.3) is 0 Å². The molecule has 1 unspecified atom stereocenters. The van der Waals surface area contributed by atoms with Crippen LogP contribution in [-0.4, -0.2) is 23.3 Å². The van der Waals surface area contributed by atoms with Gasteiger partial charge in [-0.1, -0.05) is 38.1 Å². The number of likely N-dealkylation sites (tertiary alicyclic amines) is 1.